The minimum absolute atomic E-state index is 0.0762. The number of hydrogen-bond donors (Lipinski definition) is 1. The second kappa shape index (κ2) is 7.62. The molecule has 1 saturated carbocycles. The van der Waals surface area contributed by atoms with E-state index in [9.17, 15) is 14.4 Å². The van der Waals surface area contributed by atoms with Gasteiger partial charge < -0.3 is 5.32 Å². The smallest absolute Gasteiger partial charge is 0.224 e. The van der Waals surface area contributed by atoms with E-state index in [-0.39, 0.29) is 36.2 Å². The molecule has 0 atom stereocenters. The number of Topliss-reactive ketones (excluding diaryl/α,β-unsaturated/α-hetero) is 2. The molecule has 0 heterocycles. The van der Waals surface area contributed by atoms with Gasteiger partial charge in [0.05, 0.1) is 5.02 Å². The molecule has 1 aliphatic rings. The molecule has 1 aliphatic carbocycles. The molecule has 3 rings (SSSR count). The molecule has 25 heavy (non-hydrogen) atoms. The van der Waals surface area contributed by atoms with Gasteiger partial charge in [0.15, 0.2) is 11.6 Å². The molecule has 0 radical (unpaired) electrons. The molecule has 0 unspecified atom stereocenters. The van der Waals surface area contributed by atoms with Gasteiger partial charge in [-0.1, -0.05) is 23.7 Å². The lowest BCUT2D eigenvalue weighted by molar-refractivity contribution is -0.116. The van der Waals surface area contributed by atoms with Crippen molar-refractivity contribution in [2.75, 3.05) is 5.32 Å². The summed E-state index contributed by atoms with van der Waals surface area (Å²) in [4.78, 5) is 36.1. The minimum atomic E-state index is -0.248. The van der Waals surface area contributed by atoms with Gasteiger partial charge >= 0.3 is 0 Å². The summed E-state index contributed by atoms with van der Waals surface area (Å²) in [5.74, 6) is -0.0627. The maximum Gasteiger partial charge on any atom is 0.224 e. The first-order chi connectivity index (χ1) is 12.0. The zero-order chi connectivity index (χ0) is 17.8. The molecule has 1 amide bonds. The number of anilines is 1. The molecule has 2 aromatic rings. The number of ketones is 2. The third kappa shape index (κ3) is 4.54. The second-order valence-corrected chi connectivity index (χ2v) is 6.57. The van der Waals surface area contributed by atoms with Crippen LogP contribution in [0.15, 0.2) is 48.5 Å². The molecule has 2 aromatic carbocycles. The van der Waals surface area contributed by atoms with Crippen LogP contribution in [0.3, 0.4) is 0 Å². The minimum Gasteiger partial charge on any atom is -0.326 e. The molecule has 0 aliphatic heterocycles. The topological polar surface area (TPSA) is 63.2 Å². The van der Waals surface area contributed by atoms with Crippen molar-refractivity contribution >= 4 is 34.8 Å². The zero-order valence-corrected chi connectivity index (χ0v) is 14.4. The molecule has 1 N–H and O–H groups in total. The number of amides is 1. The van der Waals surface area contributed by atoms with E-state index >= 15 is 0 Å². The van der Waals surface area contributed by atoms with E-state index in [0.29, 0.717) is 21.8 Å². The molecule has 0 aromatic heterocycles. The Morgan fingerprint density at radius 2 is 1.64 bits per heavy atom. The highest BCUT2D eigenvalue weighted by Crippen LogP contribution is 2.32. The molecule has 5 heteroatoms. The summed E-state index contributed by atoms with van der Waals surface area (Å²) >= 11 is 5.98. The Morgan fingerprint density at radius 1 is 0.960 bits per heavy atom. The molecular weight excluding hydrogens is 338 g/mol. The van der Waals surface area contributed by atoms with Crippen LogP contribution in [0.4, 0.5) is 5.69 Å². The lowest BCUT2D eigenvalue weighted by atomic mass is 10.1. The summed E-state index contributed by atoms with van der Waals surface area (Å²) in [5.41, 5.74) is 1.72. The van der Waals surface area contributed by atoms with Crippen molar-refractivity contribution in [3.63, 3.8) is 0 Å². The second-order valence-electron chi connectivity index (χ2n) is 6.17. The third-order valence-electron chi connectivity index (χ3n) is 4.15. The number of carbonyl (C=O) groups is 3. The first-order valence-corrected chi connectivity index (χ1v) is 8.64. The van der Waals surface area contributed by atoms with Gasteiger partial charge in [-0.15, -0.1) is 0 Å². The maximum atomic E-state index is 12.1. The van der Waals surface area contributed by atoms with E-state index in [2.05, 4.69) is 5.32 Å². The van der Waals surface area contributed by atoms with Crippen molar-refractivity contribution in [2.24, 2.45) is 5.92 Å². The Bertz CT molecular complexity index is 810. The van der Waals surface area contributed by atoms with E-state index < -0.39 is 0 Å². The van der Waals surface area contributed by atoms with Crippen LogP contribution in [0, 0.1) is 5.92 Å². The number of halogens is 1. The van der Waals surface area contributed by atoms with E-state index in [1.165, 1.54) is 0 Å². The summed E-state index contributed by atoms with van der Waals surface area (Å²) in [6.07, 6.45) is 2.11. The molecule has 0 saturated heterocycles. The van der Waals surface area contributed by atoms with Gasteiger partial charge in [0.25, 0.3) is 0 Å². The lowest BCUT2D eigenvalue weighted by Crippen LogP contribution is -2.14. The first-order valence-electron chi connectivity index (χ1n) is 8.26. The fourth-order valence-corrected chi connectivity index (χ4v) is 2.81. The summed E-state index contributed by atoms with van der Waals surface area (Å²) in [5, 5.41) is 3.13. The van der Waals surface area contributed by atoms with E-state index in [1.807, 2.05) is 0 Å². The quantitative estimate of drug-likeness (QED) is 0.742. The largest absolute Gasteiger partial charge is 0.326 e. The number of benzene rings is 2. The number of nitrogens with one attached hydrogen (secondary N) is 1. The average molecular weight is 356 g/mol. The average Bonchev–Trinajstić information content (AvgIpc) is 3.45. The van der Waals surface area contributed by atoms with Crippen LogP contribution in [0.5, 0.6) is 0 Å². The fraction of sp³-hybridized carbons (Fsp3) is 0.250. The Balaban J connectivity index is 1.51. The highest BCUT2D eigenvalue weighted by molar-refractivity contribution is 6.34. The number of hydrogen-bond acceptors (Lipinski definition) is 3. The van der Waals surface area contributed by atoms with Crippen LogP contribution < -0.4 is 5.32 Å². The Labute approximate surface area is 151 Å². The zero-order valence-electron chi connectivity index (χ0n) is 13.6. The fourth-order valence-electron chi connectivity index (χ4n) is 2.57. The molecule has 0 bridgehead atoms. The Kier molecular flexibility index (Phi) is 5.29. The molecule has 128 valence electrons. The first kappa shape index (κ1) is 17.4. The van der Waals surface area contributed by atoms with Crippen molar-refractivity contribution < 1.29 is 14.4 Å². The van der Waals surface area contributed by atoms with Gasteiger partial charge in [0.2, 0.25) is 5.91 Å². The molecular formula is C20H18ClNO3. The normalized spacial score (nSPS) is 13.3. The van der Waals surface area contributed by atoms with Gasteiger partial charge in [-0.05, 0) is 49.2 Å². The summed E-state index contributed by atoms with van der Waals surface area (Å²) < 4.78 is 0. The van der Waals surface area contributed by atoms with Crippen molar-refractivity contribution in [3.05, 3.63) is 64.7 Å². The highest BCUT2D eigenvalue weighted by Gasteiger charge is 2.30. The van der Waals surface area contributed by atoms with Crippen LogP contribution in [-0.2, 0) is 4.79 Å². The monoisotopic (exact) mass is 355 g/mol. The highest BCUT2D eigenvalue weighted by atomic mass is 35.5. The molecule has 0 spiro atoms. The van der Waals surface area contributed by atoms with Crippen molar-refractivity contribution in [1.29, 1.82) is 0 Å². The Morgan fingerprint density at radius 3 is 2.28 bits per heavy atom. The van der Waals surface area contributed by atoms with Gasteiger partial charge in [-0.3, -0.25) is 14.4 Å². The standard InChI is InChI=1S/C20H18ClNO3/c21-17-4-2-1-3-16(17)18(23)11-12-19(24)22-15-9-7-14(8-10-15)20(25)13-5-6-13/h1-4,7-10,13H,5-6,11-12H2,(H,22,24). The van der Waals surface area contributed by atoms with Crippen molar-refractivity contribution in [3.8, 4) is 0 Å². The van der Waals surface area contributed by atoms with Crippen molar-refractivity contribution in [2.45, 2.75) is 25.7 Å². The molecule has 4 nitrogen and oxygen atoms in total. The van der Waals surface area contributed by atoms with E-state index in [4.69, 9.17) is 11.6 Å². The van der Waals surface area contributed by atoms with Crippen LogP contribution in [-0.4, -0.2) is 17.5 Å². The van der Waals surface area contributed by atoms with Crippen LogP contribution in [0.25, 0.3) is 0 Å². The van der Waals surface area contributed by atoms with Crippen molar-refractivity contribution in [1.82, 2.24) is 0 Å². The predicted molar refractivity (Wildman–Crippen MR) is 97.1 cm³/mol. The SMILES string of the molecule is O=C(CCC(=O)c1ccccc1Cl)Nc1ccc(C(=O)C2CC2)cc1. The van der Waals surface area contributed by atoms with E-state index in [1.54, 1.807) is 48.5 Å². The van der Waals surface area contributed by atoms with Crippen LogP contribution in [0.2, 0.25) is 5.02 Å². The summed E-state index contributed by atoms with van der Waals surface area (Å²) in [6, 6.07) is 13.7. The third-order valence-corrected chi connectivity index (χ3v) is 4.48. The van der Waals surface area contributed by atoms with Crippen LogP contribution in [0.1, 0.15) is 46.4 Å². The summed E-state index contributed by atoms with van der Waals surface area (Å²) in [7, 11) is 0. The predicted octanol–water partition coefficient (Wildman–Crippen LogP) is 4.53. The van der Waals surface area contributed by atoms with Crippen LogP contribution >= 0.6 is 11.6 Å². The van der Waals surface area contributed by atoms with Gasteiger partial charge in [0, 0.05) is 35.6 Å². The molecule has 1 fully saturated rings. The number of rotatable bonds is 7. The van der Waals surface area contributed by atoms with Gasteiger partial charge in [0.1, 0.15) is 0 Å². The lowest BCUT2D eigenvalue weighted by Gasteiger charge is -2.07. The number of carbonyl (C=O) groups excluding carboxylic acids is 3. The summed E-state index contributed by atoms with van der Waals surface area (Å²) in [6.45, 7) is 0. The van der Waals surface area contributed by atoms with Gasteiger partial charge in [-0.25, -0.2) is 0 Å². The van der Waals surface area contributed by atoms with E-state index in [0.717, 1.165) is 12.8 Å². The van der Waals surface area contributed by atoms with Gasteiger partial charge in [-0.2, -0.15) is 0 Å². The Hall–Kier alpha value is -2.46. The maximum absolute atomic E-state index is 12.1.